The predicted molar refractivity (Wildman–Crippen MR) is 85.1 cm³/mol. The molecule has 0 radical (unpaired) electrons. The first kappa shape index (κ1) is 15.4. The van der Waals surface area contributed by atoms with E-state index >= 15 is 0 Å². The predicted octanol–water partition coefficient (Wildman–Crippen LogP) is 2.72. The Morgan fingerprint density at radius 1 is 0.773 bits per heavy atom. The topological polar surface area (TPSA) is 60.7 Å². The summed E-state index contributed by atoms with van der Waals surface area (Å²) < 4.78 is 0. The minimum Gasteiger partial charge on any atom is -0.393 e. The van der Waals surface area contributed by atoms with E-state index in [0.717, 1.165) is 38.0 Å². The summed E-state index contributed by atoms with van der Waals surface area (Å²) in [4.78, 5) is 0. The Kier molecular flexibility index (Phi) is 3.46. The van der Waals surface area contributed by atoms with Gasteiger partial charge in [-0.2, -0.15) is 0 Å². The van der Waals surface area contributed by atoms with Crippen molar-refractivity contribution < 1.29 is 15.3 Å². The first-order valence-electron chi connectivity index (χ1n) is 9.40. The maximum absolute atomic E-state index is 10.5. The fourth-order valence-electron chi connectivity index (χ4n) is 7.22. The third-order valence-electron chi connectivity index (χ3n) is 8.61. The van der Waals surface area contributed by atoms with Gasteiger partial charge < -0.3 is 15.3 Å². The summed E-state index contributed by atoms with van der Waals surface area (Å²) in [5, 5.41) is 30.8. The lowest BCUT2D eigenvalue weighted by atomic mass is 9.45. The highest BCUT2D eigenvalue weighted by molar-refractivity contribution is 5.11. The fraction of sp³-hybridized carbons (Fsp3) is 1.00. The van der Waals surface area contributed by atoms with Crippen LogP contribution in [0.25, 0.3) is 0 Å². The van der Waals surface area contributed by atoms with E-state index in [0.29, 0.717) is 23.2 Å². The van der Waals surface area contributed by atoms with Crippen molar-refractivity contribution in [3.8, 4) is 0 Å². The van der Waals surface area contributed by atoms with Crippen LogP contribution in [-0.4, -0.2) is 33.6 Å². The van der Waals surface area contributed by atoms with Crippen LogP contribution in [0, 0.1) is 34.5 Å². The number of aliphatic hydroxyl groups excluding tert-OH is 3. The number of hydrogen-bond donors (Lipinski definition) is 3. The SMILES string of the molecule is C[C@]12CC[C@@H](O)CC1CC[C@@H]1[C@@H]2CC[C@]2(C)C(O)[C@@H](O)C[C@@H]12. The van der Waals surface area contributed by atoms with Crippen molar-refractivity contribution in [1.29, 1.82) is 0 Å². The van der Waals surface area contributed by atoms with Crippen molar-refractivity contribution >= 4 is 0 Å². The van der Waals surface area contributed by atoms with Crippen molar-refractivity contribution in [2.24, 2.45) is 34.5 Å². The van der Waals surface area contributed by atoms with Crippen molar-refractivity contribution in [1.82, 2.24) is 0 Å². The van der Waals surface area contributed by atoms with Gasteiger partial charge in [-0.05, 0) is 85.9 Å². The van der Waals surface area contributed by atoms with Gasteiger partial charge in [0.2, 0.25) is 0 Å². The molecule has 4 saturated carbocycles. The summed E-state index contributed by atoms with van der Waals surface area (Å²) in [5.41, 5.74) is 0.305. The Hall–Kier alpha value is -0.120. The van der Waals surface area contributed by atoms with Gasteiger partial charge in [0.25, 0.3) is 0 Å². The van der Waals surface area contributed by atoms with Crippen molar-refractivity contribution in [3.05, 3.63) is 0 Å². The van der Waals surface area contributed by atoms with Gasteiger partial charge in [-0.1, -0.05) is 13.8 Å². The Balaban J connectivity index is 1.63. The normalized spacial score (nSPS) is 61.2. The third kappa shape index (κ3) is 1.91. The van der Waals surface area contributed by atoms with Gasteiger partial charge in [-0.15, -0.1) is 0 Å². The largest absolute Gasteiger partial charge is 0.393 e. The van der Waals surface area contributed by atoms with Gasteiger partial charge >= 0.3 is 0 Å². The molecule has 4 aliphatic rings. The van der Waals surface area contributed by atoms with Gasteiger partial charge in [0.05, 0.1) is 18.3 Å². The molecule has 4 rings (SSSR count). The van der Waals surface area contributed by atoms with Crippen molar-refractivity contribution in [3.63, 3.8) is 0 Å². The van der Waals surface area contributed by atoms with Crippen LogP contribution in [0.15, 0.2) is 0 Å². The first-order valence-corrected chi connectivity index (χ1v) is 9.40. The number of rotatable bonds is 0. The van der Waals surface area contributed by atoms with E-state index in [1.807, 2.05) is 0 Å². The second-order valence-electron chi connectivity index (χ2n) is 9.38. The quantitative estimate of drug-likeness (QED) is 0.645. The summed E-state index contributed by atoms with van der Waals surface area (Å²) in [6.45, 7) is 4.69. The molecule has 2 unspecified atom stereocenters. The van der Waals surface area contributed by atoms with Crippen LogP contribution in [0.4, 0.5) is 0 Å². The molecule has 0 aromatic heterocycles. The van der Waals surface area contributed by atoms with E-state index in [-0.39, 0.29) is 11.5 Å². The molecule has 0 saturated heterocycles. The van der Waals surface area contributed by atoms with Gasteiger partial charge in [-0.25, -0.2) is 0 Å². The molecule has 0 aromatic carbocycles. The summed E-state index contributed by atoms with van der Waals surface area (Å²) >= 11 is 0. The monoisotopic (exact) mass is 308 g/mol. The number of aliphatic hydroxyl groups is 3. The van der Waals surface area contributed by atoms with Crippen LogP contribution in [0.3, 0.4) is 0 Å². The number of fused-ring (bicyclic) bond motifs is 5. The van der Waals surface area contributed by atoms with Crippen LogP contribution >= 0.6 is 0 Å². The highest BCUT2D eigenvalue weighted by Crippen LogP contribution is 2.66. The Morgan fingerprint density at radius 2 is 1.50 bits per heavy atom. The molecule has 0 aliphatic heterocycles. The molecule has 0 amide bonds. The molecule has 126 valence electrons. The number of hydrogen-bond acceptors (Lipinski definition) is 3. The molecule has 3 N–H and O–H groups in total. The molecule has 4 fully saturated rings. The zero-order chi connectivity index (χ0) is 15.7. The third-order valence-corrected chi connectivity index (χ3v) is 8.61. The molecular weight excluding hydrogens is 276 g/mol. The average Bonchev–Trinajstić information content (AvgIpc) is 2.72. The van der Waals surface area contributed by atoms with E-state index in [4.69, 9.17) is 0 Å². The molecule has 22 heavy (non-hydrogen) atoms. The van der Waals surface area contributed by atoms with Gasteiger partial charge in [-0.3, -0.25) is 0 Å². The fourth-order valence-corrected chi connectivity index (χ4v) is 7.22. The molecular formula is C19H32O3. The van der Waals surface area contributed by atoms with Crippen LogP contribution < -0.4 is 0 Å². The van der Waals surface area contributed by atoms with Crippen molar-refractivity contribution in [2.75, 3.05) is 0 Å². The average molecular weight is 308 g/mol. The molecule has 0 spiro atoms. The molecule has 3 heteroatoms. The minimum atomic E-state index is -0.530. The maximum atomic E-state index is 10.5. The second-order valence-corrected chi connectivity index (χ2v) is 9.38. The van der Waals surface area contributed by atoms with Gasteiger partial charge in [0.15, 0.2) is 0 Å². The molecule has 9 atom stereocenters. The summed E-state index contributed by atoms with van der Waals surface area (Å²) in [5.74, 6) is 2.57. The summed E-state index contributed by atoms with van der Waals surface area (Å²) in [6, 6.07) is 0. The maximum Gasteiger partial charge on any atom is 0.0855 e. The molecule has 0 aromatic rings. The van der Waals surface area contributed by atoms with E-state index in [2.05, 4.69) is 13.8 Å². The standard InChI is InChI=1S/C19H32O3/c1-18-7-5-12(20)9-11(18)3-4-13-14(18)6-8-19(2)15(13)10-16(21)17(19)22/h11-17,20-22H,3-10H2,1-2H3/t11?,12-,13-,14+,15+,16+,17?,18+,19+/m1/s1. The van der Waals surface area contributed by atoms with Crippen molar-refractivity contribution in [2.45, 2.75) is 83.5 Å². The van der Waals surface area contributed by atoms with E-state index < -0.39 is 12.2 Å². The Morgan fingerprint density at radius 3 is 2.27 bits per heavy atom. The molecule has 0 bridgehead atoms. The van der Waals surface area contributed by atoms with E-state index in [1.54, 1.807) is 0 Å². The second kappa shape index (κ2) is 4.94. The lowest BCUT2D eigenvalue weighted by molar-refractivity contribution is -0.135. The Labute approximate surface area is 134 Å². The van der Waals surface area contributed by atoms with E-state index in [1.165, 1.54) is 19.3 Å². The molecule has 4 aliphatic carbocycles. The lowest BCUT2D eigenvalue weighted by Crippen LogP contribution is -2.54. The van der Waals surface area contributed by atoms with Gasteiger partial charge in [0.1, 0.15) is 0 Å². The smallest absolute Gasteiger partial charge is 0.0855 e. The highest BCUT2D eigenvalue weighted by atomic mass is 16.3. The lowest BCUT2D eigenvalue weighted by Gasteiger charge is -2.60. The summed E-state index contributed by atoms with van der Waals surface area (Å²) in [6.07, 6.45) is 7.49. The van der Waals surface area contributed by atoms with Crippen LogP contribution in [0.2, 0.25) is 0 Å². The van der Waals surface area contributed by atoms with E-state index in [9.17, 15) is 15.3 Å². The van der Waals surface area contributed by atoms with Crippen LogP contribution in [0.5, 0.6) is 0 Å². The molecule has 0 heterocycles. The zero-order valence-corrected chi connectivity index (χ0v) is 14.0. The molecule has 3 nitrogen and oxygen atoms in total. The minimum absolute atomic E-state index is 0.0715. The van der Waals surface area contributed by atoms with Crippen LogP contribution in [-0.2, 0) is 0 Å². The highest BCUT2D eigenvalue weighted by Gasteiger charge is 2.61. The van der Waals surface area contributed by atoms with Gasteiger partial charge in [0, 0.05) is 0 Å². The zero-order valence-electron chi connectivity index (χ0n) is 14.0. The Bertz CT molecular complexity index is 452. The first-order chi connectivity index (χ1) is 10.4. The summed E-state index contributed by atoms with van der Waals surface area (Å²) in [7, 11) is 0. The van der Waals surface area contributed by atoms with Crippen LogP contribution in [0.1, 0.15) is 65.2 Å².